The van der Waals surface area contributed by atoms with Gasteiger partial charge in [-0.25, -0.2) is 13.4 Å². The van der Waals surface area contributed by atoms with Gasteiger partial charge in [-0.2, -0.15) is 0 Å². The number of aromatic nitrogens is 1. The third-order valence-corrected chi connectivity index (χ3v) is 3.89. The van der Waals surface area contributed by atoms with Gasteiger partial charge in [-0.15, -0.1) is 0 Å². The van der Waals surface area contributed by atoms with Gasteiger partial charge in [0.25, 0.3) is 5.69 Å². The number of nitrogens with zero attached hydrogens (tertiary/aromatic N) is 2. The van der Waals surface area contributed by atoms with E-state index in [0.717, 1.165) is 6.26 Å². The molecule has 0 saturated carbocycles. The molecule has 1 aromatic heterocycles. The van der Waals surface area contributed by atoms with Crippen LogP contribution in [0.5, 0.6) is 0 Å². The Labute approximate surface area is 137 Å². The fraction of sp³-hybridized carbons (Fsp3) is 0.0667. The lowest BCUT2D eigenvalue weighted by molar-refractivity contribution is -0.384. The lowest BCUT2D eigenvalue weighted by Crippen LogP contribution is -2.09. The van der Waals surface area contributed by atoms with Crippen LogP contribution in [0.1, 0.15) is 5.56 Å². The van der Waals surface area contributed by atoms with Crippen molar-refractivity contribution in [2.45, 2.75) is 5.03 Å². The fourth-order valence-corrected chi connectivity index (χ4v) is 2.33. The lowest BCUT2D eigenvalue weighted by atomic mass is 10.2. The van der Waals surface area contributed by atoms with E-state index < -0.39 is 20.7 Å². The maximum atomic E-state index is 11.8. The van der Waals surface area contributed by atoms with Gasteiger partial charge < -0.3 is 5.32 Å². The molecule has 0 aliphatic heterocycles. The molecule has 0 bridgehead atoms. The second-order valence-corrected chi connectivity index (χ2v) is 6.79. The monoisotopic (exact) mass is 347 g/mol. The van der Waals surface area contributed by atoms with E-state index in [0.29, 0.717) is 11.3 Å². The Morgan fingerprint density at radius 2 is 2.04 bits per heavy atom. The van der Waals surface area contributed by atoms with Crippen molar-refractivity contribution in [2.75, 3.05) is 11.6 Å². The van der Waals surface area contributed by atoms with Gasteiger partial charge in [-0.3, -0.25) is 14.9 Å². The highest BCUT2D eigenvalue weighted by atomic mass is 32.2. The predicted octanol–water partition coefficient (Wildman–Crippen LogP) is 2.05. The second kappa shape index (κ2) is 7.01. The summed E-state index contributed by atoms with van der Waals surface area (Å²) in [6.45, 7) is 0. The van der Waals surface area contributed by atoms with Crippen molar-refractivity contribution in [2.24, 2.45) is 0 Å². The number of amides is 1. The van der Waals surface area contributed by atoms with E-state index in [1.165, 1.54) is 48.7 Å². The first-order valence-electron chi connectivity index (χ1n) is 6.65. The number of nitro groups is 1. The number of nitrogens with one attached hydrogen (secondary N) is 1. The summed E-state index contributed by atoms with van der Waals surface area (Å²) in [7, 11) is -3.40. The maximum Gasteiger partial charge on any atom is 0.270 e. The summed E-state index contributed by atoms with van der Waals surface area (Å²) in [5, 5.41) is 13.1. The van der Waals surface area contributed by atoms with Crippen LogP contribution < -0.4 is 5.32 Å². The number of non-ortho nitro benzene ring substituents is 1. The number of hydrogen-bond acceptors (Lipinski definition) is 6. The van der Waals surface area contributed by atoms with Crippen LogP contribution in [0.3, 0.4) is 0 Å². The topological polar surface area (TPSA) is 119 Å². The normalized spacial score (nSPS) is 11.4. The van der Waals surface area contributed by atoms with Gasteiger partial charge in [0, 0.05) is 24.5 Å². The molecule has 0 spiro atoms. The smallest absolute Gasteiger partial charge is 0.270 e. The van der Waals surface area contributed by atoms with Crippen molar-refractivity contribution in [3.63, 3.8) is 0 Å². The zero-order valence-electron chi connectivity index (χ0n) is 12.5. The maximum absolute atomic E-state index is 11.8. The highest BCUT2D eigenvalue weighted by Crippen LogP contribution is 2.14. The molecule has 0 saturated heterocycles. The van der Waals surface area contributed by atoms with Crippen molar-refractivity contribution in [3.05, 3.63) is 64.3 Å². The number of rotatable bonds is 5. The molecule has 0 aliphatic rings. The first kappa shape index (κ1) is 17.3. The van der Waals surface area contributed by atoms with E-state index in [4.69, 9.17) is 0 Å². The van der Waals surface area contributed by atoms with E-state index in [9.17, 15) is 23.3 Å². The standard InChI is InChI=1S/C15H13N3O5S/c1-24(22,23)15-8-6-12(10-16-15)17-14(19)7-5-11-3-2-4-13(9-11)18(20)21/h2-10H,1H3,(H,17,19)/b7-5+. The number of benzene rings is 1. The van der Waals surface area contributed by atoms with E-state index in [2.05, 4.69) is 10.3 Å². The third-order valence-electron chi connectivity index (χ3n) is 2.89. The summed E-state index contributed by atoms with van der Waals surface area (Å²) in [5.74, 6) is -0.476. The van der Waals surface area contributed by atoms with Crippen molar-refractivity contribution < 1.29 is 18.1 Å². The molecule has 9 heteroatoms. The number of nitro benzene ring substituents is 1. The molecule has 0 atom stereocenters. The van der Waals surface area contributed by atoms with Gasteiger partial charge in [0.2, 0.25) is 5.91 Å². The molecular formula is C15H13N3O5S. The van der Waals surface area contributed by atoms with Gasteiger partial charge in [0.1, 0.15) is 0 Å². The van der Waals surface area contributed by atoms with Crippen LogP contribution in [0.25, 0.3) is 6.08 Å². The van der Waals surface area contributed by atoms with Crippen LogP contribution in [0, 0.1) is 10.1 Å². The molecule has 0 fully saturated rings. The quantitative estimate of drug-likeness (QED) is 0.502. The number of hydrogen-bond donors (Lipinski definition) is 1. The number of carbonyl (C=O) groups excluding carboxylic acids is 1. The van der Waals surface area contributed by atoms with Crippen molar-refractivity contribution in [1.29, 1.82) is 0 Å². The van der Waals surface area contributed by atoms with Crippen LogP contribution in [-0.4, -0.2) is 30.5 Å². The zero-order valence-corrected chi connectivity index (χ0v) is 13.4. The Bertz CT molecular complexity index is 905. The number of carbonyl (C=O) groups is 1. The van der Waals surface area contributed by atoms with Crippen LogP contribution >= 0.6 is 0 Å². The van der Waals surface area contributed by atoms with Crippen LogP contribution in [0.2, 0.25) is 0 Å². The molecule has 24 heavy (non-hydrogen) atoms. The first-order chi connectivity index (χ1) is 11.3. The third kappa shape index (κ3) is 4.71. The Kier molecular flexibility index (Phi) is 5.05. The lowest BCUT2D eigenvalue weighted by Gasteiger charge is -2.02. The molecule has 124 valence electrons. The molecule has 8 nitrogen and oxygen atoms in total. The molecule has 0 radical (unpaired) electrons. The summed E-state index contributed by atoms with van der Waals surface area (Å²) in [4.78, 5) is 25.7. The van der Waals surface area contributed by atoms with Crippen LogP contribution in [0.15, 0.2) is 53.7 Å². The minimum Gasteiger partial charge on any atom is -0.321 e. The summed E-state index contributed by atoms with van der Waals surface area (Å²) in [6, 6.07) is 8.54. The summed E-state index contributed by atoms with van der Waals surface area (Å²) in [6.07, 6.45) is 4.91. The Balaban J connectivity index is 2.05. The molecule has 1 N–H and O–H groups in total. The van der Waals surface area contributed by atoms with E-state index in [1.807, 2.05) is 0 Å². The van der Waals surface area contributed by atoms with Crippen LogP contribution in [0.4, 0.5) is 11.4 Å². The summed E-state index contributed by atoms with van der Waals surface area (Å²) in [5.41, 5.74) is 0.763. The van der Waals surface area contributed by atoms with Gasteiger partial charge in [0.15, 0.2) is 14.9 Å². The minimum atomic E-state index is -3.40. The van der Waals surface area contributed by atoms with Crippen molar-refractivity contribution in [1.82, 2.24) is 4.98 Å². The van der Waals surface area contributed by atoms with E-state index in [1.54, 1.807) is 6.07 Å². The number of anilines is 1. The highest BCUT2D eigenvalue weighted by Gasteiger charge is 2.08. The first-order valence-corrected chi connectivity index (χ1v) is 8.54. The molecule has 2 rings (SSSR count). The molecule has 0 aliphatic carbocycles. The number of pyridine rings is 1. The molecule has 1 aromatic carbocycles. The largest absolute Gasteiger partial charge is 0.321 e. The molecular weight excluding hydrogens is 334 g/mol. The average Bonchev–Trinajstić information content (AvgIpc) is 2.53. The Morgan fingerprint density at radius 1 is 1.29 bits per heavy atom. The van der Waals surface area contributed by atoms with Gasteiger partial charge >= 0.3 is 0 Å². The molecule has 1 amide bonds. The average molecular weight is 347 g/mol. The predicted molar refractivity (Wildman–Crippen MR) is 88.1 cm³/mol. The highest BCUT2D eigenvalue weighted by molar-refractivity contribution is 7.90. The van der Waals surface area contributed by atoms with Crippen molar-refractivity contribution >= 4 is 33.2 Å². The fourth-order valence-electron chi connectivity index (χ4n) is 1.77. The SMILES string of the molecule is CS(=O)(=O)c1ccc(NC(=O)/C=C/c2cccc([N+](=O)[O-])c2)cn1. The molecule has 0 unspecified atom stereocenters. The van der Waals surface area contributed by atoms with E-state index in [-0.39, 0.29) is 10.7 Å². The Hall–Kier alpha value is -3.07. The minimum absolute atomic E-state index is 0.0712. The number of sulfone groups is 1. The molecule has 1 heterocycles. The van der Waals surface area contributed by atoms with Gasteiger partial charge in [0.05, 0.1) is 16.8 Å². The molecule has 2 aromatic rings. The second-order valence-electron chi connectivity index (χ2n) is 4.83. The summed E-state index contributed by atoms with van der Waals surface area (Å²) >= 11 is 0. The van der Waals surface area contributed by atoms with E-state index >= 15 is 0 Å². The summed E-state index contributed by atoms with van der Waals surface area (Å²) < 4.78 is 22.6. The van der Waals surface area contributed by atoms with Crippen molar-refractivity contribution in [3.8, 4) is 0 Å². The van der Waals surface area contributed by atoms with Gasteiger partial charge in [-0.05, 0) is 23.8 Å². The van der Waals surface area contributed by atoms with Gasteiger partial charge in [-0.1, -0.05) is 12.1 Å². The zero-order chi connectivity index (χ0) is 17.7. The van der Waals surface area contributed by atoms with Crippen LogP contribution in [-0.2, 0) is 14.6 Å². The Morgan fingerprint density at radius 3 is 2.62 bits per heavy atom.